The minimum absolute atomic E-state index is 0.254. The first-order valence-electron chi connectivity index (χ1n) is 9.28. The number of carbonyl (C=O) groups is 1. The number of fused-ring (bicyclic) bond motifs is 1. The SMILES string of the molecule is N#CC(c1ccnc(NCCc2ccc(C(=O)O)cc2)n1)c1nc2ccccc2o1. The van der Waals surface area contributed by atoms with Crippen LogP contribution in [-0.4, -0.2) is 32.6 Å². The minimum Gasteiger partial charge on any atom is -0.478 e. The van der Waals surface area contributed by atoms with E-state index in [0.29, 0.717) is 41.6 Å². The van der Waals surface area contributed by atoms with E-state index in [1.807, 2.05) is 18.2 Å². The lowest BCUT2D eigenvalue weighted by Crippen LogP contribution is -2.10. The zero-order chi connectivity index (χ0) is 20.9. The van der Waals surface area contributed by atoms with Gasteiger partial charge in [0, 0.05) is 12.7 Å². The lowest BCUT2D eigenvalue weighted by atomic mass is 10.1. The van der Waals surface area contributed by atoms with E-state index >= 15 is 0 Å². The van der Waals surface area contributed by atoms with Crippen molar-refractivity contribution in [1.29, 1.82) is 5.26 Å². The van der Waals surface area contributed by atoms with E-state index in [-0.39, 0.29) is 5.56 Å². The molecule has 2 heterocycles. The smallest absolute Gasteiger partial charge is 0.335 e. The van der Waals surface area contributed by atoms with Crippen LogP contribution in [0.2, 0.25) is 0 Å². The van der Waals surface area contributed by atoms with E-state index < -0.39 is 11.9 Å². The zero-order valence-electron chi connectivity index (χ0n) is 15.8. The Morgan fingerprint density at radius 3 is 2.67 bits per heavy atom. The topological polar surface area (TPSA) is 125 Å². The van der Waals surface area contributed by atoms with Crippen LogP contribution in [0.25, 0.3) is 11.1 Å². The van der Waals surface area contributed by atoms with Gasteiger partial charge in [0.15, 0.2) is 11.5 Å². The van der Waals surface area contributed by atoms with Gasteiger partial charge in [0.1, 0.15) is 5.52 Å². The number of benzene rings is 2. The highest BCUT2D eigenvalue weighted by molar-refractivity contribution is 5.87. The summed E-state index contributed by atoms with van der Waals surface area (Å²) in [6.07, 6.45) is 2.25. The first-order chi connectivity index (χ1) is 14.6. The number of anilines is 1. The molecule has 0 saturated heterocycles. The number of oxazole rings is 1. The Labute approximate surface area is 171 Å². The Morgan fingerprint density at radius 1 is 1.13 bits per heavy atom. The van der Waals surface area contributed by atoms with Crippen LogP contribution in [-0.2, 0) is 6.42 Å². The van der Waals surface area contributed by atoms with Crippen molar-refractivity contribution in [2.75, 3.05) is 11.9 Å². The van der Waals surface area contributed by atoms with Crippen molar-refractivity contribution < 1.29 is 14.3 Å². The summed E-state index contributed by atoms with van der Waals surface area (Å²) >= 11 is 0. The molecule has 4 aromatic rings. The third-order valence-corrected chi connectivity index (χ3v) is 4.56. The highest BCUT2D eigenvalue weighted by Gasteiger charge is 2.22. The molecule has 8 heteroatoms. The van der Waals surface area contributed by atoms with Gasteiger partial charge in [0.2, 0.25) is 11.8 Å². The van der Waals surface area contributed by atoms with Crippen LogP contribution in [0.1, 0.15) is 33.4 Å². The molecule has 0 amide bonds. The molecular formula is C22H17N5O3. The number of carboxylic acid groups (broad SMARTS) is 1. The molecule has 2 aromatic heterocycles. The highest BCUT2D eigenvalue weighted by atomic mass is 16.4. The normalized spacial score (nSPS) is 11.7. The van der Waals surface area contributed by atoms with Crippen molar-refractivity contribution in [3.63, 3.8) is 0 Å². The summed E-state index contributed by atoms with van der Waals surface area (Å²) in [5, 5.41) is 21.7. The number of nitrogens with zero attached hydrogens (tertiary/aromatic N) is 4. The average Bonchev–Trinajstić information content (AvgIpc) is 3.19. The van der Waals surface area contributed by atoms with Gasteiger partial charge in [-0.1, -0.05) is 24.3 Å². The van der Waals surface area contributed by atoms with Gasteiger partial charge < -0.3 is 14.8 Å². The number of carboxylic acids is 1. The average molecular weight is 399 g/mol. The highest BCUT2D eigenvalue weighted by Crippen LogP contribution is 2.26. The lowest BCUT2D eigenvalue weighted by molar-refractivity contribution is 0.0697. The third kappa shape index (κ3) is 4.10. The molecule has 148 valence electrons. The van der Waals surface area contributed by atoms with Crippen molar-refractivity contribution in [2.45, 2.75) is 12.3 Å². The van der Waals surface area contributed by atoms with Crippen LogP contribution in [0.5, 0.6) is 0 Å². The lowest BCUT2D eigenvalue weighted by Gasteiger charge is -2.08. The van der Waals surface area contributed by atoms with Crippen molar-refractivity contribution in [1.82, 2.24) is 15.0 Å². The number of aromatic nitrogens is 3. The second kappa shape index (κ2) is 8.41. The Hall–Kier alpha value is -4.25. The van der Waals surface area contributed by atoms with Gasteiger partial charge in [0.25, 0.3) is 0 Å². The van der Waals surface area contributed by atoms with Gasteiger partial charge in [-0.25, -0.2) is 19.7 Å². The monoisotopic (exact) mass is 399 g/mol. The van der Waals surface area contributed by atoms with Crippen LogP contribution < -0.4 is 5.32 Å². The van der Waals surface area contributed by atoms with Gasteiger partial charge in [-0.15, -0.1) is 0 Å². The maximum Gasteiger partial charge on any atom is 0.335 e. The fourth-order valence-electron chi connectivity index (χ4n) is 3.01. The predicted octanol–water partition coefficient (Wildman–Crippen LogP) is 3.63. The summed E-state index contributed by atoms with van der Waals surface area (Å²) in [6.45, 7) is 0.552. The number of aromatic carboxylic acids is 1. The molecule has 30 heavy (non-hydrogen) atoms. The van der Waals surface area contributed by atoms with E-state index in [9.17, 15) is 10.1 Å². The molecule has 4 rings (SSSR count). The number of nitrogens with one attached hydrogen (secondary N) is 1. The number of hydrogen-bond donors (Lipinski definition) is 2. The second-order valence-corrected chi connectivity index (χ2v) is 6.57. The van der Waals surface area contributed by atoms with E-state index in [0.717, 1.165) is 5.56 Å². The molecule has 1 unspecified atom stereocenters. The molecular weight excluding hydrogens is 382 g/mol. The van der Waals surface area contributed by atoms with Gasteiger partial charge in [0.05, 0.1) is 17.3 Å². The number of nitriles is 1. The molecule has 0 bridgehead atoms. The summed E-state index contributed by atoms with van der Waals surface area (Å²) in [5.41, 5.74) is 3.05. The van der Waals surface area contributed by atoms with Crippen LogP contribution in [0, 0.1) is 11.3 Å². The van der Waals surface area contributed by atoms with Gasteiger partial charge in [-0.05, 0) is 42.3 Å². The first kappa shape index (κ1) is 19.1. The quantitative estimate of drug-likeness (QED) is 0.483. The molecule has 8 nitrogen and oxygen atoms in total. The summed E-state index contributed by atoms with van der Waals surface area (Å²) in [4.78, 5) is 23.9. The van der Waals surface area contributed by atoms with E-state index in [4.69, 9.17) is 9.52 Å². The van der Waals surface area contributed by atoms with Crippen molar-refractivity contribution >= 4 is 23.0 Å². The fourth-order valence-corrected chi connectivity index (χ4v) is 3.01. The Kier molecular flexibility index (Phi) is 5.35. The first-order valence-corrected chi connectivity index (χ1v) is 9.28. The third-order valence-electron chi connectivity index (χ3n) is 4.56. The van der Waals surface area contributed by atoms with Crippen molar-refractivity contribution in [3.8, 4) is 6.07 Å². The molecule has 0 aliphatic rings. The summed E-state index contributed by atoms with van der Waals surface area (Å²) in [5.74, 6) is -1.01. The largest absolute Gasteiger partial charge is 0.478 e. The van der Waals surface area contributed by atoms with Crippen molar-refractivity contribution in [2.24, 2.45) is 0 Å². The molecule has 0 spiro atoms. The van der Waals surface area contributed by atoms with Crippen LogP contribution >= 0.6 is 0 Å². The molecule has 0 fully saturated rings. The van der Waals surface area contributed by atoms with E-state index in [1.54, 1.807) is 42.6 Å². The number of rotatable bonds is 7. The van der Waals surface area contributed by atoms with Gasteiger partial charge >= 0.3 is 5.97 Å². The molecule has 0 aliphatic carbocycles. The molecule has 0 saturated carbocycles. The Morgan fingerprint density at radius 2 is 1.93 bits per heavy atom. The maximum atomic E-state index is 10.9. The molecule has 2 aromatic carbocycles. The Bertz CT molecular complexity index is 1190. The molecule has 0 aliphatic heterocycles. The summed E-state index contributed by atoms with van der Waals surface area (Å²) in [7, 11) is 0. The number of hydrogen-bond acceptors (Lipinski definition) is 7. The molecule has 1 atom stereocenters. The number of para-hydroxylation sites is 2. The zero-order valence-corrected chi connectivity index (χ0v) is 15.8. The van der Waals surface area contributed by atoms with E-state index in [2.05, 4.69) is 26.3 Å². The maximum absolute atomic E-state index is 10.9. The van der Waals surface area contributed by atoms with Crippen LogP contribution in [0.3, 0.4) is 0 Å². The summed E-state index contributed by atoms with van der Waals surface area (Å²) in [6, 6.07) is 17.9. The van der Waals surface area contributed by atoms with Gasteiger partial charge in [-0.3, -0.25) is 0 Å². The van der Waals surface area contributed by atoms with Crippen LogP contribution in [0.4, 0.5) is 5.95 Å². The standard InChI is InChI=1S/C22H17N5O3/c23-13-16(20-26-18-3-1-2-4-19(18)30-20)17-10-12-25-22(27-17)24-11-9-14-5-7-15(8-6-14)21(28)29/h1-8,10,12,16H,9,11H2,(H,28,29)(H,24,25,27). The molecule has 0 radical (unpaired) electrons. The second-order valence-electron chi connectivity index (χ2n) is 6.57. The van der Waals surface area contributed by atoms with Crippen LogP contribution in [0.15, 0.2) is 65.2 Å². The van der Waals surface area contributed by atoms with E-state index in [1.165, 1.54) is 0 Å². The van der Waals surface area contributed by atoms with Crippen molar-refractivity contribution in [3.05, 3.63) is 83.5 Å². The Balaban J connectivity index is 1.45. The van der Waals surface area contributed by atoms with Gasteiger partial charge in [-0.2, -0.15) is 5.26 Å². The summed E-state index contributed by atoms with van der Waals surface area (Å²) < 4.78 is 5.72. The molecule has 2 N–H and O–H groups in total. The minimum atomic E-state index is -0.948. The fraction of sp³-hybridized carbons (Fsp3) is 0.136. The predicted molar refractivity (Wildman–Crippen MR) is 109 cm³/mol.